The van der Waals surface area contributed by atoms with Gasteiger partial charge in [0.25, 0.3) is 0 Å². The molecule has 0 aromatic heterocycles. The highest BCUT2D eigenvalue weighted by atomic mass is 16.5. The van der Waals surface area contributed by atoms with Crippen LogP contribution in [0.5, 0.6) is 0 Å². The number of ether oxygens (including phenoxy) is 2. The number of carbonyl (C=O) groups excluding carboxylic acids is 1. The van der Waals surface area contributed by atoms with Crippen LogP contribution in [0, 0.1) is 5.92 Å². The van der Waals surface area contributed by atoms with E-state index in [4.69, 9.17) is 14.6 Å². The molecule has 0 radical (unpaired) electrons. The zero-order chi connectivity index (χ0) is 16.1. The van der Waals surface area contributed by atoms with Gasteiger partial charge in [-0.3, -0.25) is 0 Å². The molecule has 6 heteroatoms. The number of aliphatic hydroxyl groups is 1. The summed E-state index contributed by atoms with van der Waals surface area (Å²) in [6.45, 7) is 12.7. The second-order valence-electron chi connectivity index (χ2n) is 4.51. The van der Waals surface area contributed by atoms with Crippen LogP contribution in [-0.4, -0.2) is 48.1 Å². The second kappa shape index (κ2) is 12.4. The third-order valence-corrected chi connectivity index (χ3v) is 1.69. The molecule has 0 spiro atoms. The lowest BCUT2D eigenvalue weighted by molar-refractivity contribution is -0.143. The number of carbonyl (C=O) groups is 2. The van der Waals surface area contributed by atoms with E-state index in [2.05, 4.69) is 13.2 Å². The first-order valence-electron chi connectivity index (χ1n) is 6.14. The largest absolute Gasteiger partial charge is 0.478 e. The Morgan fingerprint density at radius 2 is 1.75 bits per heavy atom. The molecule has 0 saturated heterocycles. The van der Waals surface area contributed by atoms with Gasteiger partial charge in [-0.1, -0.05) is 27.0 Å². The predicted molar refractivity (Wildman–Crippen MR) is 75.3 cm³/mol. The van der Waals surface area contributed by atoms with Gasteiger partial charge >= 0.3 is 11.9 Å². The SMILES string of the molecule is C=C(C)C(=O)OCC(O)COCC(C)C.C=CC(=O)O. The highest BCUT2D eigenvalue weighted by molar-refractivity contribution is 5.86. The van der Waals surface area contributed by atoms with Crippen LogP contribution in [0.3, 0.4) is 0 Å². The molecule has 116 valence electrons. The maximum atomic E-state index is 11.0. The lowest BCUT2D eigenvalue weighted by Crippen LogP contribution is -2.24. The van der Waals surface area contributed by atoms with Gasteiger partial charge in [0.2, 0.25) is 0 Å². The Labute approximate surface area is 119 Å². The smallest absolute Gasteiger partial charge is 0.333 e. The van der Waals surface area contributed by atoms with Crippen molar-refractivity contribution in [2.24, 2.45) is 5.92 Å². The van der Waals surface area contributed by atoms with E-state index in [0.29, 0.717) is 18.1 Å². The third-order valence-electron chi connectivity index (χ3n) is 1.69. The molecule has 2 N–H and O–H groups in total. The Hall–Kier alpha value is -1.66. The van der Waals surface area contributed by atoms with Gasteiger partial charge in [0.1, 0.15) is 12.7 Å². The van der Waals surface area contributed by atoms with Crippen molar-refractivity contribution >= 4 is 11.9 Å². The van der Waals surface area contributed by atoms with Crippen molar-refractivity contribution in [1.82, 2.24) is 0 Å². The van der Waals surface area contributed by atoms with Crippen LogP contribution >= 0.6 is 0 Å². The topological polar surface area (TPSA) is 93.1 Å². The van der Waals surface area contributed by atoms with Crippen LogP contribution in [-0.2, 0) is 19.1 Å². The van der Waals surface area contributed by atoms with Gasteiger partial charge in [-0.2, -0.15) is 0 Å². The molecule has 0 aliphatic carbocycles. The third kappa shape index (κ3) is 16.3. The quantitative estimate of drug-likeness (QED) is 0.518. The molecule has 0 aromatic rings. The minimum atomic E-state index is -0.981. The molecule has 0 heterocycles. The molecule has 0 aliphatic heterocycles. The first-order chi connectivity index (χ1) is 9.20. The summed E-state index contributed by atoms with van der Waals surface area (Å²) in [4.78, 5) is 20.2. The first-order valence-corrected chi connectivity index (χ1v) is 6.14. The van der Waals surface area contributed by atoms with E-state index in [0.717, 1.165) is 6.08 Å². The van der Waals surface area contributed by atoms with Gasteiger partial charge in [0.15, 0.2) is 0 Å². The molecule has 1 unspecified atom stereocenters. The van der Waals surface area contributed by atoms with Crippen LogP contribution in [0.25, 0.3) is 0 Å². The normalized spacial score (nSPS) is 11.1. The van der Waals surface area contributed by atoms with Crippen molar-refractivity contribution in [2.45, 2.75) is 26.9 Å². The molecule has 20 heavy (non-hydrogen) atoms. The molecular formula is C14H24O6. The zero-order valence-electron chi connectivity index (χ0n) is 12.3. The lowest BCUT2D eigenvalue weighted by atomic mass is 10.2. The average molecular weight is 288 g/mol. The monoisotopic (exact) mass is 288 g/mol. The number of carboxylic acid groups (broad SMARTS) is 1. The summed E-state index contributed by atoms with van der Waals surface area (Å²) in [6, 6.07) is 0. The molecule has 0 aliphatic rings. The number of rotatable bonds is 8. The van der Waals surface area contributed by atoms with E-state index in [1.54, 1.807) is 6.92 Å². The number of carboxylic acids is 1. The maximum absolute atomic E-state index is 11.0. The molecule has 1 atom stereocenters. The fourth-order valence-electron chi connectivity index (χ4n) is 0.783. The van der Waals surface area contributed by atoms with E-state index in [-0.39, 0.29) is 13.2 Å². The van der Waals surface area contributed by atoms with Gasteiger partial charge in [-0.15, -0.1) is 0 Å². The summed E-state index contributed by atoms with van der Waals surface area (Å²) < 4.78 is 9.94. The molecule has 6 nitrogen and oxygen atoms in total. The molecule has 0 rings (SSSR count). The van der Waals surface area contributed by atoms with Gasteiger partial charge in [0, 0.05) is 18.3 Å². The molecule has 0 bridgehead atoms. The Morgan fingerprint density at radius 3 is 2.10 bits per heavy atom. The van der Waals surface area contributed by atoms with Crippen molar-refractivity contribution in [3.8, 4) is 0 Å². The minimum absolute atomic E-state index is 0.0518. The predicted octanol–water partition coefficient (Wildman–Crippen LogP) is 1.40. The van der Waals surface area contributed by atoms with E-state index in [9.17, 15) is 14.7 Å². The lowest BCUT2D eigenvalue weighted by Gasteiger charge is -2.12. The summed E-state index contributed by atoms with van der Waals surface area (Å²) in [7, 11) is 0. The van der Waals surface area contributed by atoms with Crippen LogP contribution in [0.1, 0.15) is 20.8 Å². The summed E-state index contributed by atoms with van der Waals surface area (Å²) >= 11 is 0. The van der Waals surface area contributed by atoms with Gasteiger partial charge in [0.05, 0.1) is 6.61 Å². The van der Waals surface area contributed by atoms with Crippen LogP contribution in [0.4, 0.5) is 0 Å². The van der Waals surface area contributed by atoms with E-state index < -0.39 is 18.0 Å². The van der Waals surface area contributed by atoms with Crippen LogP contribution < -0.4 is 0 Å². The molecule has 0 amide bonds. The summed E-state index contributed by atoms with van der Waals surface area (Å²) in [5.41, 5.74) is 0.324. The van der Waals surface area contributed by atoms with E-state index in [1.165, 1.54) is 0 Å². The van der Waals surface area contributed by atoms with Gasteiger partial charge in [-0.05, 0) is 12.8 Å². The minimum Gasteiger partial charge on any atom is -0.478 e. The van der Waals surface area contributed by atoms with E-state index >= 15 is 0 Å². The highest BCUT2D eigenvalue weighted by Crippen LogP contribution is 1.97. The van der Waals surface area contributed by atoms with E-state index in [1.807, 2.05) is 13.8 Å². The Balaban J connectivity index is 0. The number of aliphatic hydroxyl groups excluding tert-OH is 1. The fourth-order valence-corrected chi connectivity index (χ4v) is 0.783. The second-order valence-corrected chi connectivity index (χ2v) is 4.51. The standard InChI is InChI=1S/C11H20O4.C3H4O2/c1-8(2)5-14-6-10(12)7-15-11(13)9(3)4;1-2-3(4)5/h8,10,12H,3,5-7H2,1-2,4H3;2H,1H2,(H,4,5). The number of hydrogen-bond donors (Lipinski definition) is 2. The fraction of sp³-hybridized carbons (Fsp3) is 0.571. The Kier molecular flexibility index (Phi) is 12.8. The molecule has 0 saturated carbocycles. The van der Waals surface area contributed by atoms with Crippen molar-refractivity contribution in [3.63, 3.8) is 0 Å². The van der Waals surface area contributed by atoms with Crippen LogP contribution in [0.15, 0.2) is 24.8 Å². The van der Waals surface area contributed by atoms with Gasteiger partial charge in [-0.25, -0.2) is 9.59 Å². The first kappa shape index (κ1) is 20.7. The summed E-state index contributed by atoms with van der Waals surface area (Å²) in [5, 5.41) is 17.0. The maximum Gasteiger partial charge on any atom is 0.333 e. The molecular weight excluding hydrogens is 264 g/mol. The number of esters is 1. The highest BCUT2D eigenvalue weighted by Gasteiger charge is 2.09. The summed E-state index contributed by atoms with van der Waals surface area (Å²) in [5.74, 6) is -1.04. The van der Waals surface area contributed by atoms with Crippen molar-refractivity contribution in [2.75, 3.05) is 19.8 Å². The molecule has 0 fully saturated rings. The molecule has 0 aromatic carbocycles. The summed E-state index contributed by atoms with van der Waals surface area (Å²) in [6.07, 6.45) is 0.0621. The Bertz CT molecular complexity index is 322. The number of aliphatic carboxylic acids is 1. The van der Waals surface area contributed by atoms with Crippen molar-refractivity contribution in [1.29, 1.82) is 0 Å². The van der Waals surface area contributed by atoms with Gasteiger partial charge < -0.3 is 19.7 Å². The Morgan fingerprint density at radius 1 is 1.25 bits per heavy atom. The zero-order valence-corrected chi connectivity index (χ0v) is 12.3. The van der Waals surface area contributed by atoms with Crippen molar-refractivity contribution in [3.05, 3.63) is 24.8 Å². The van der Waals surface area contributed by atoms with Crippen LogP contribution in [0.2, 0.25) is 0 Å². The number of hydrogen-bond acceptors (Lipinski definition) is 5. The van der Waals surface area contributed by atoms with Crippen molar-refractivity contribution < 1.29 is 29.3 Å². The average Bonchev–Trinajstić information content (AvgIpc) is 2.35.